The van der Waals surface area contributed by atoms with Crippen LogP contribution >= 0.6 is 11.6 Å². The van der Waals surface area contributed by atoms with Gasteiger partial charge in [-0.25, -0.2) is 4.98 Å². The van der Waals surface area contributed by atoms with E-state index in [0.717, 1.165) is 23.0 Å². The van der Waals surface area contributed by atoms with Gasteiger partial charge in [-0.3, -0.25) is 0 Å². The first-order chi connectivity index (χ1) is 7.65. The van der Waals surface area contributed by atoms with Crippen LogP contribution in [0.3, 0.4) is 0 Å². The molecule has 16 heavy (non-hydrogen) atoms. The van der Waals surface area contributed by atoms with E-state index in [-0.39, 0.29) is 0 Å². The molecule has 2 aromatic rings. The lowest BCUT2D eigenvalue weighted by Crippen LogP contribution is -2.07. The van der Waals surface area contributed by atoms with Gasteiger partial charge >= 0.3 is 0 Å². The van der Waals surface area contributed by atoms with E-state index in [0.29, 0.717) is 11.1 Å². The number of pyridine rings is 1. The van der Waals surface area contributed by atoms with E-state index in [4.69, 9.17) is 11.6 Å². The fraction of sp³-hybridized carbons (Fsp3) is 0.308. The van der Waals surface area contributed by atoms with Gasteiger partial charge in [-0.15, -0.1) is 0 Å². The number of halogens is 1. The molecular formula is C13H15ClN2. The first-order valence-corrected chi connectivity index (χ1v) is 5.82. The minimum absolute atomic E-state index is 0.536. The third-order valence-corrected chi connectivity index (χ3v) is 2.61. The van der Waals surface area contributed by atoms with Crippen molar-refractivity contribution < 1.29 is 0 Å². The first kappa shape index (κ1) is 11.2. The summed E-state index contributed by atoms with van der Waals surface area (Å²) in [5.41, 5.74) is 1.13. The van der Waals surface area contributed by atoms with Crippen LogP contribution in [0.25, 0.3) is 10.8 Å². The van der Waals surface area contributed by atoms with Gasteiger partial charge in [0.2, 0.25) is 0 Å². The van der Waals surface area contributed by atoms with Crippen LogP contribution in [-0.2, 0) is 0 Å². The molecule has 1 aromatic carbocycles. The van der Waals surface area contributed by atoms with Gasteiger partial charge in [0.05, 0.1) is 0 Å². The van der Waals surface area contributed by atoms with E-state index in [9.17, 15) is 0 Å². The molecule has 0 aliphatic carbocycles. The predicted octanol–water partition coefficient (Wildman–Crippen LogP) is 3.96. The minimum atomic E-state index is 0.536. The summed E-state index contributed by atoms with van der Waals surface area (Å²) in [4.78, 5) is 4.06. The molecule has 0 aliphatic rings. The van der Waals surface area contributed by atoms with Crippen molar-refractivity contribution in [2.75, 3.05) is 11.9 Å². The van der Waals surface area contributed by atoms with Gasteiger partial charge in [0.25, 0.3) is 0 Å². The number of hydrogen-bond donors (Lipinski definition) is 1. The Hall–Kier alpha value is -1.28. The highest BCUT2D eigenvalue weighted by Gasteiger charge is 1.99. The zero-order valence-electron chi connectivity index (χ0n) is 9.50. The van der Waals surface area contributed by atoms with Crippen LogP contribution < -0.4 is 5.32 Å². The Balaban J connectivity index is 2.28. The van der Waals surface area contributed by atoms with Gasteiger partial charge in [0.1, 0.15) is 5.15 Å². The summed E-state index contributed by atoms with van der Waals surface area (Å²) >= 11 is 5.87. The van der Waals surface area contributed by atoms with Gasteiger partial charge in [0, 0.05) is 23.8 Å². The maximum Gasteiger partial charge on any atom is 0.129 e. The molecule has 0 spiro atoms. The molecule has 1 aromatic heterocycles. The monoisotopic (exact) mass is 234 g/mol. The van der Waals surface area contributed by atoms with Crippen molar-refractivity contribution >= 4 is 28.1 Å². The molecule has 0 atom stereocenters. The topological polar surface area (TPSA) is 24.9 Å². The molecule has 84 valence electrons. The number of nitrogens with zero attached hydrogens (tertiary/aromatic N) is 1. The fourth-order valence-electron chi connectivity index (χ4n) is 1.55. The normalized spacial score (nSPS) is 11.0. The van der Waals surface area contributed by atoms with Crippen molar-refractivity contribution in [1.82, 2.24) is 4.98 Å². The van der Waals surface area contributed by atoms with E-state index >= 15 is 0 Å². The Morgan fingerprint density at radius 3 is 2.81 bits per heavy atom. The summed E-state index contributed by atoms with van der Waals surface area (Å²) in [5.74, 6) is 0.636. The smallest absolute Gasteiger partial charge is 0.129 e. The van der Waals surface area contributed by atoms with Crippen LogP contribution in [0.15, 0.2) is 30.5 Å². The molecule has 0 unspecified atom stereocenters. The van der Waals surface area contributed by atoms with E-state index in [1.54, 1.807) is 6.20 Å². The quantitative estimate of drug-likeness (QED) is 0.814. The van der Waals surface area contributed by atoms with E-state index in [1.165, 1.54) is 0 Å². The van der Waals surface area contributed by atoms with Crippen LogP contribution in [0.5, 0.6) is 0 Å². The molecule has 2 rings (SSSR count). The summed E-state index contributed by atoms with van der Waals surface area (Å²) in [6, 6.07) is 8.12. The average molecular weight is 235 g/mol. The highest BCUT2D eigenvalue weighted by atomic mass is 35.5. The molecule has 0 bridgehead atoms. The largest absolute Gasteiger partial charge is 0.385 e. The summed E-state index contributed by atoms with van der Waals surface area (Å²) in [6.45, 7) is 5.36. The van der Waals surface area contributed by atoms with Crippen molar-refractivity contribution in [2.45, 2.75) is 13.8 Å². The highest BCUT2D eigenvalue weighted by molar-refractivity contribution is 6.30. The maximum atomic E-state index is 5.87. The third-order valence-electron chi connectivity index (χ3n) is 2.40. The Labute approximate surface area is 101 Å². The number of anilines is 1. The molecule has 0 amide bonds. The van der Waals surface area contributed by atoms with Crippen LogP contribution in [0, 0.1) is 5.92 Å². The zero-order chi connectivity index (χ0) is 11.5. The molecule has 2 nitrogen and oxygen atoms in total. The summed E-state index contributed by atoms with van der Waals surface area (Å²) < 4.78 is 0. The Kier molecular flexibility index (Phi) is 3.30. The van der Waals surface area contributed by atoms with Gasteiger partial charge < -0.3 is 5.32 Å². The number of fused-ring (bicyclic) bond motifs is 1. The van der Waals surface area contributed by atoms with E-state index in [2.05, 4.69) is 42.3 Å². The average Bonchev–Trinajstić information content (AvgIpc) is 2.25. The standard InChI is InChI=1S/C13H15ClN2/c1-9(2)7-15-12-4-3-10-8-16-13(14)6-11(10)5-12/h3-6,8-9,15H,7H2,1-2H3. The molecule has 1 heterocycles. The Bertz CT molecular complexity index is 494. The van der Waals surface area contributed by atoms with Crippen molar-refractivity contribution in [1.29, 1.82) is 0 Å². The molecule has 0 radical (unpaired) electrons. The first-order valence-electron chi connectivity index (χ1n) is 5.44. The van der Waals surface area contributed by atoms with Crippen LogP contribution in [0.1, 0.15) is 13.8 Å². The van der Waals surface area contributed by atoms with Crippen molar-refractivity contribution in [2.24, 2.45) is 5.92 Å². The molecule has 0 saturated carbocycles. The number of rotatable bonds is 3. The maximum absolute atomic E-state index is 5.87. The number of benzene rings is 1. The SMILES string of the molecule is CC(C)CNc1ccc2cnc(Cl)cc2c1. The second kappa shape index (κ2) is 4.71. The second-order valence-corrected chi connectivity index (χ2v) is 4.73. The second-order valence-electron chi connectivity index (χ2n) is 4.34. The molecule has 3 heteroatoms. The van der Waals surface area contributed by atoms with Crippen molar-refractivity contribution in [3.05, 3.63) is 35.6 Å². The van der Waals surface area contributed by atoms with Crippen molar-refractivity contribution in [3.8, 4) is 0 Å². The molecule has 0 saturated heterocycles. The molecule has 0 fully saturated rings. The van der Waals surface area contributed by atoms with Gasteiger partial charge in [-0.2, -0.15) is 0 Å². The fourth-order valence-corrected chi connectivity index (χ4v) is 1.71. The summed E-state index contributed by atoms with van der Waals surface area (Å²) in [5, 5.41) is 6.16. The molecule has 1 N–H and O–H groups in total. The van der Waals surface area contributed by atoms with E-state index < -0.39 is 0 Å². The van der Waals surface area contributed by atoms with Crippen LogP contribution in [0.2, 0.25) is 5.15 Å². The Morgan fingerprint density at radius 2 is 2.06 bits per heavy atom. The minimum Gasteiger partial charge on any atom is -0.385 e. The lowest BCUT2D eigenvalue weighted by molar-refractivity contribution is 0.689. The predicted molar refractivity (Wildman–Crippen MR) is 70.1 cm³/mol. The Morgan fingerprint density at radius 1 is 1.25 bits per heavy atom. The zero-order valence-corrected chi connectivity index (χ0v) is 10.3. The van der Waals surface area contributed by atoms with Crippen LogP contribution in [-0.4, -0.2) is 11.5 Å². The summed E-state index contributed by atoms with van der Waals surface area (Å²) in [7, 11) is 0. The van der Waals surface area contributed by atoms with Gasteiger partial charge in [-0.1, -0.05) is 31.5 Å². The van der Waals surface area contributed by atoms with Crippen molar-refractivity contribution in [3.63, 3.8) is 0 Å². The highest BCUT2D eigenvalue weighted by Crippen LogP contribution is 2.21. The molecular weight excluding hydrogens is 220 g/mol. The van der Waals surface area contributed by atoms with E-state index in [1.807, 2.05) is 6.07 Å². The third kappa shape index (κ3) is 2.64. The number of aromatic nitrogens is 1. The molecule has 0 aliphatic heterocycles. The lowest BCUT2D eigenvalue weighted by Gasteiger charge is -2.09. The number of hydrogen-bond acceptors (Lipinski definition) is 2. The lowest BCUT2D eigenvalue weighted by atomic mass is 10.1. The number of nitrogens with one attached hydrogen (secondary N) is 1. The summed E-state index contributed by atoms with van der Waals surface area (Å²) in [6.07, 6.45) is 1.80. The van der Waals surface area contributed by atoms with Gasteiger partial charge in [0.15, 0.2) is 0 Å². The van der Waals surface area contributed by atoms with Crippen LogP contribution in [0.4, 0.5) is 5.69 Å². The van der Waals surface area contributed by atoms with Gasteiger partial charge in [-0.05, 0) is 29.5 Å².